The standard InChI is InChI=1S/C16H16N4O3S2/c1-19-13-12(14(24)20(2)16(19)22)17-15(18-13)25-8-11(21)9-4-6-10(23-3)7-5-9/h4-7H,8H2,1-3H3,(H,17,18). The number of carbonyl (C=O) groups excluding carboxylic acids is 1. The molecule has 1 N–H and O–H groups in total. The fourth-order valence-electron chi connectivity index (χ4n) is 2.37. The highest BCUT2D eigenvalue weighted by Crippen LogP contribution is 2.21. The highest BCUT2D eigenvalue weighted by molar-refractivity contribution is 7.99. The van der Waals surface area contributed by atoms with Gasteiger partial charge in [0.25, 0.3) is 0 Å². The van der Waals surface area contributed by atoms with Gasteiger partial charge in [-0.25, -0.2) is 9.78 Å². The summed E-state index contributed by atoms with van der Waals surface area (Å²) in [6.07, 6.45) is 0. The fraction of sp³-hybridized carbons (Fsp3) is 0.250. The number of carbonyl (C=O) groups is 1. The number of nitrogens with zero attached hydrogens (tertiary/aromatic N) is 3. The van der Waals surface area contributed by atoms with E-state index in [0.717, 1.165) is 0 Å². The van der Waals surface area contributed by atoms with Gasteiger partial charge in [-0.3, -0.25) is 13.9 Å². The molecule has 130 valence electrons. The van der Waals surface area contributed by atoms with E-state index in [1.54, 1.807) is 45.5 Å². The SMILES string of the molecule is COc1ccc(C(=O)CSc2nc3c([nH]2)c(=S)n(C)c(=O)n3C)cc1. The fourth-order valence-corrected chi connectivity index (χ4v) is 3.35. The van der Waals surface area contributed by atoms with Crippen LogP contribution in [0.25, 0.3) is 11.2 Å². The Kier molecular flexibility index (Phi) is 4.78. The number of nitrogens with one attached hydrogen (secondary N) is 1. The van der Waals surface area contributed by atoms with Crippen molar-refractivity contribution in [3.05, 3.63) is 45.0 Å². The molecule has 9 heteroatoms. The third-order valence-electron chi connectivity index (χ3n) is 3.83. The third-order valence-corrected chi connectivity index (χ3v) is 5.18. The highest BCUT2D eigenvalue weighted by Gasteiger charge is 2.13. The molecule has 0 aliphatic carbocycles. The summed E-state index contributed by atoms with van der Waals surface area (Å²) in [6.45, 7) is 0. The maximum absolute atomic E-state index is 12.3. The Labute approximate surface area is 152 Å². The van der Waals surface area contributed by atoms with Crippen molar-refractivity contribution >= 4 is 40.9 Å². The van der Waals surface area contributed by atoms with Crippen LogP contribution in [0.15, 0.2) is 34.2 Å². The number of aromatic nitrogens is 4. The summed E-state index contributed by atoms with van der Waals surface area (Å²) in [6, 6.07) is 6.95. The molecule has 0 unspecified atom stereocenters. The number of methoxy groups -OCH3 is 1. The maximum atomic E-state index is 12.3. The summed E-state index contributed by atoms with van der Waals surface area (Å²) in [5.74, 6) is 0.901. The number of Topliss-reactive ketones (excluding diaryl/α,β-unsaturated/α-hetero) is 1. The molecule has 0 aliphatic heterocycles. The number of aromatic amines is 1. The largest absolute Gasteiger partial charge is 0.497 e. The normalized spacial score (nSPS) is 11.0. The summed E-state index contributed by atoms with van der Waals surface area (Å²) >= 11 is 6.55. The van der Waals surface area contributed by atoms with Gasteiger partial charge < -0.3 is 9.72 Å². The number of benzene rings is 1. The first-order valence-corrected chi connectivity index (χ1v) is 8.77. The van der Waals surface area contributed by atoms with E-state index >= 15 is 0 Å². The van der Waals surface area contributed by atoms with Gasteiger partial charge in [0.05, 0.1) is 12.9 Å². The number of ketones is 1. The first-order valence-electron chi connectivity index (χ1n) is 7.38. The molecule has 0 saturated heterocycles. The molecule has 3 aromatic rings. The predicted octanol–water partition coefficient (Wildman–Crippen LogP) is 2.31. The van der Waals surface area contributed by atoms with Gasteiger partial charge in [-0.2, -0.15) is 0 Å². The number of rotatable bonds is 5. The van der Waals surface area contributed by atoms with Crippen LogP contribution in [0, 0.1) is 4.64 Å². The molecule has 0 amide bonds. The lowest BCUT2D eigenvalue weighted by molar-refractivity contribution is 0.102. The molecule has 0 spiro atoms. The molecular formula is C16H16N4O3S2. The van der Waals surface area contributed by atoms with Crippen molar-refractivity contribution in [1.82, 2.24) is 19.1 Å². The molecule has 0 atom stereocenters. The van der Waals surface area contributed by atoms with Gasteiger partial charge in [-0.1, -0.05) is 24.0 Å². The second kappa shape index (κ2) is 6.85. The lowest BCUT2D eigenvalue weighted by Gasteiger charge is -2.02. The van der Waals surface area contributed by atoms with Gasteiger partial charge in [0.2, 0.25) is 0 Å². The van der Waals surface area contributed by atoms with E-state index in [0.29, 0.717) is 32.3 Å². The van der Waals surface area contributed by atoms with E-state index in [1.165, 1.54) is 20.9 Å². The van der Waals surface area contributed by atoms with Gasteiger partial charge >= 0.3 is 5.69 Å². The third kappa shape index (κ3) is 3.24. The summed E-state index contributed by atoms with van der Waals surface area (Å²) < 4.78 is 8.28. The van der Waals surface area contributed by atoms with Crippen LogP contribution in [0.5, 0.6) is 5.75 Å². The first-order chi connectivity index (χ1) is 11.9. The molecule has 0 aliphatic rings. The minimum absolute atomic E-state index is 0.0221. The second-order valence-corrected chi connectivity index (χ2v) is 6.74. The van der Waals surface area contributed by atoms with Crippen molar-refractivity contribution in [1.29, 1.82) is 0 Å². The molecule has 0 bridgehead atoms. The minimum Gasteiger partial charge on any atom is -0.497 e. The highest BCUT2D eigenvalue weighted by atomic mass is 32.2. The summed E-state index contributed by atoms with van der Waals surface area (Å²) in [7, 11) is 4.83. The van der Waals surface area contributed by atoms with Crippen molar-refractivity contribution in [3.8, 4) is 5.75 Å². The smallest absolute Gasteiger partial charge is 0.330 e. The number of hydrogen-bond acceptors (Lipinski definition) is 6. The molecular weight excluding hydrogens is 360 g/mol. The van der Waals surface area contributed by atoms with Crippen LogP contribution in [-0.2, 0) is 14.1 Å². The van der Waals surface area contributed by atoms with Crippen LogP contribution in [0.4, 0.5) is 0 Å². The molecule has 2 aromatic heterocycles. The Morgan fingerprint density at radius 1 is 1.28 bits per heavy atom. The van der Waals surface area contributed by atoms with E-state index in [1.807, 2.05) is 0 Å². The number of hydrogen-bond donors (Lipinski definition) is 1. The average molecular weight is 376 g/mol. The van der Waals surface area contributed by atoms with Crippen molar-refractivity contribution in [3.63, 3.8) is 0 Å². The number of fused-ring (bicyclic) bond motifs is 1. The topological polar surface area (TPSA) is 81.9 Å². The minimum atomic E-state index is -0.241. The van der Waals surface area contributed by atoms with Crippen molar-refractivity contribution in [2.45, 2.75) is 5.16 Å². The van der Waals surface area contributed by atoms with E-state index in [4.69, 9.17) is 17.0 Å². The Balaban J connectivity index is 1.82. The van der Waals surface area contributed by atoms with Gasteiger partial charge in [-0.15, -0.1) is 0 Å². The van der Waals surface area contributed by atoms with E-state index in [9.17, 15) is 9.59 Å². The van der Waals surface area contributed by atoms with Crippen LogP contribution in [0.3, 0.4) is 0 Å². The van der Waals surface area contributed by atoms with Crippen molar-refractivity contribution in [2.75, 3.05) is 12.9 Å². The van der Waals surface area contributed by atoms with Crippen molar-refractivity contribution < 1.29 is 9.53 Å². The monoisotopic (exact) mass is 376 g/mol. The predicted molar refractivity (Wildman–Crippen MR) is 99.2 cm³/mol. The number of aryl methyl sites for hydroxylation is 1. The van der Waals surface area contributed by atoms with E-state index in [2.05, 4.69) is 9.97 Å². The molecule has 25 heavy (non-hydrogen) atoms. The second-order valence-electron chi connectivity index (χ2n) is 5.39. The van der Waals surface area contributed by atoms with Gasteiger partial charge in [-0.05, 0) is 24.3 Å². The van der Waals surface area contributed by atoms with Gasteiger partial charge in [0.15, 0.2) is 16.6 Å². The zero-order valence-corrected chi connectivity index (χ0v) is 15.5. The molecule has 0 radical (unpaired) electrons. The lowest BCUT2D eigenvalue weighted by Crippen LogP contribution is -2.27. The molecule has 3 rings (SSSR count). The van der Waals surface area contributed by atoms with Crippen molar-refractivity contribution in [2.24, 2.45) is 14.1 Å². The lowest BCUT2D eigenvalue weighted by atomic mass is 10.1. The molecule has 0 fully saturated rings. The Morgan fingerprint density at radius 3 is 2.60 bits per heavy atom. The summed E-state index contributed by atoms with van der Waals surface area (Å²) in [4.78, 5) is 31.8. The van der Waals surface area contributed by atoms with E-state index < -0.39 is 0 Å². The zero-order valence-electron chi connectivity index (χ0n) is 13.9. The Morgan fingerprint density at radius 2 is 1.96 bits per heavy atom. The summed E-state index contributed by atoms with van der Waals surface area (Å²) in [5.41, 5.74) is 1.45. The van der Waals surface area contributed by atoms with Crippen LogP contribution in [-0.4, -0.2) is 37.7 Å². The number of imidazole rings is 1. The maximum Gasteiger partial charge on any atom is 0.330 e. The van der Waals surface area contributed by atoms with Gasteiger partial charge in [0.1, 0.15) is 15.9 Å². The van der Waals surface area contributed by atoms with Crippen LogP contribution in [0.1, 0.15) is 10.4 Å². The molecule has 2 heterocycles. The number of thioether (sulfide) groups is 1. The first kappa shape index (κ1) is 17.4. The van der Waals surface area contributed by atoms with Crippen LogP contribution in [0.2, 0.25) is 0 Å². The number of H-pyrrole nitrogens is 1. The van der Waals surface area contributed by atoms with Gasteiger partial charge in [0, 0.05) is 19.7 Å². The molecule has 7 nitrogen and oxygen atoms in total. The average Bonchev–Trinajstić information content (AvgIpc) is 3.07. The Hall–Kier alpha value is -2.39. The quantitative estimate of drug-likeness (QED) is 0.418. The Bertz CT molecular complexity index is 1060. The zero-order chi connectivity index (χ0) is 18.1. The van der Waals surface area contributed by atoms with Crippen LogP contribution < -0.4 is 10.4 Å². The summed E-state index contributed by atoms with van der Waals surface area (Å²) in [5, 5.41) is 0.546. The van der Waals surface area contributed by atoms with Crippen LogP contribution >= 0.6 is 24.0 Å². The van der Waals surface area contributed by atoms with E-state index in [-0.39, 0.29) is 17.2 Å². The number of ether oxygens (including phenoxy) is 1. The molecule has 0 saturated carbocycles. The molecule has 1 aromatic carbocycles.